The Hall–Kier alpha value is -0.810. The van der Waals surface area contributed by atoms with Gasteiger partial charge in [-0.05, 0) is 0 Å². The molecule has 1 nitrogen and oxygen atoms in total. The molecule has 0 saturated heterocycles. The third-order valence-corrected chi connectivity index (χ3v) is 1.82. The summed E-state index contributed by atoms with van der Waals surface area (Å²) < 4.78 is 131. The van der Waals surface area contributed by atoms with Crippen molar-refractivity contribution in [2.75, 3.05) is 0 Å². The summed E-state index contributed by atoms with van der Waals surface area (Å²) in [7, 11) is 0. The molecule has 0 heterocycles. The first kappa shape index (κ1) is 17.2. The van der Waals surface area contributed by atoms with Gasteiger partial charge in [0.2, 0.25) is 0 Å². The first-order valence-electron chi connectivity index (χ1n) is 3.78. The summed E-state index contributed by atoms with van der Waals surface area (Å²) in [5.74, 6) is 0. The zero-order valence-electron chi connectivity index (χ0n) is 7.76. The van der Waals surface area contributed by atoms with Crippen molar-refractivity contribution < 1.29 is 53.4 Å². The van der Waals surface area contributed by atoms with Gasteiger partial charge in [0.05, 0.1) is 0 Å². The lowest BCUT2D eigenvalue weighted by Crippen LogP contribution is -2.64. The summed E-state index contributed by atoms with van der Waals surface area (Å²) in [5.41, 5.74) is -6.82. The van der Waals surface area contributed by atoms with E-state index in [1.165, 1.54) is 0 Å². The van der Waals surface area contributed by atoms with Gasteiger partial charge < -0.3 is 5.11 Å². The van der Waals surface area contributed by atoms with Crippen molar-refractivity contribution in [2.45, 2.75) is 36.5 Å². The Labute approximate surface area is 91.2 Å². The van der Waals surface area contributed by atoms with Crippen LogP contribution >= 0.6 is 0 Å². The van der Waals surface area contributed by atoms with Gasteiger partial charge in [0.25, 0.3) is 0 Å². The SMILES string of the molecule is O[C@H]([C@H](F)C(F)(C(F)(F)F)C(F)(F)F)C(F)(F)F. The molecular weight excluding hydrogens is 297 g/mol. The van der Waals surface area contributed by atoms with Gasteiger partial charge in [0.15, 0.2) is 12.3 Å². The lowest BCUT2D eigenvalue weighted by atomic mass is 9.94. The number of aliphatic hydroxyl groups is 1. The van der Waals surface area contributed by atoms with E-state index in [0.29, 0.717) is 0 Å². The van der Waals surface area contributed by atoms with Crippen LogP contribution in [-0.2, 0) is 0 Å². The van der Waals surface area contributed by atoms with Crippen LogP contribution in [0.25, 0.3) is 0 Å². The molecule has 0 amide bonds. The average molecular weight is 300 g/mol. The van der Waals surface area contributed by atoms with Gasteiger partial charge in [-0.15, -0.1) is 0 Å². The van der Waals surface area contributed by atoms with E-state index in [4.69, 9.17) is 5.11 Å². The molecule has 1 N–H and O–H groups in total. The third kappa shape index (κ3) is 2.78. The van der Waals surface area contributed by atoms with Crippen molar-refractivity contribution in [2.24, 2.45) is 0 Å². The van der Waals surface area contributed by atoms with Crippen molar-refractivity contribution in [3.8, 4) is 0 Å². The van der Waals surface area contributed by atoms with Crippen molar-refractivity contribution >= 4 is 0 Å². The molecule has 0 aliphatic heterocycles. The van der Waals surface area contributed by atoms with Crippen molar-refractivity contribution in [3.63, 3.8) is 0 Å². The monoisotopic (exact) mass is 300 g/mol. The molecule has 0 aromatic carbocycles. The lowest BCUT2D eigenvalue weighted by Gasteiger charge is -2.34. The van der Waals surface area contributed by atoms with Gasteiger partial charge in [-0.1, -0.05) is 0 Å². The molecule has 2 atom stereocenters. The summed E-state index contributed by atoms with van der Waals surface area (Å²) in [6, 6.07) is 0. The maximum atomic E-state index is 12.7. The second-order valence-electron chi connectivity index (χ2n) is 3.10. The van der Waals surface area contributed by atoms with Gasteiger partial charge in [-0.2, -0.15) is 39.5 Å². The third-order valence-electron chi connectivity index (χ3n) is 1.82. The van der Waals surface area contributed by atoms with Crippen molar-refractivity contribution in [3.05, 3.63) is 0 Å². The second-order valence-corrected chi connectivity index (χ2v) is 3.10. The van der Waals surface area contributed by atoms with Crippen LogP contribution in [0.15, 0.2) is 0 Å². The van der Waals surface area contributed by atoms with E-state index in [0.717, 1.165) is 0 Å². The molecule has 0 rings (SSSR count). The normalized spacial score (nSPS) is 18.7. The Morgan fingerprint density at radius 3 is 1.11 bits per heavy atom. The number of rotatable bonds is 2. The highest BCUT2D eigenvalue weighted by Crippen LogP contribution is 2.51. The predicted molar refractivity (Wildman–Crippen MR) is 32.9 cm³/mol. The molecule has 0 spiro atoms. The Kier molecular flexibility index (Phi) is 4.19. The summed E-state index contributed by atoms with van der Waals surface area (Å²) >= 11 is 0. The standard InChI is InChI=1S/C6H3F11O/c7-1(2(18)4(9,10)11)3(8,5(12,13)14)6(15,16)17/h1-2,18H/t1-,2+/m0/s1. The lowest BCUT2D eigenvalue weighted by molar-refractivity contribution is -0.374. The van der Waals surface area contributed by atoms with E-state index in [9.17, 15) is 48.3 Å². The fourth-order valence-electron chi connectivity index (χ4n) is 0.857. The van der Waals surface area contributed by atoms with Crippen LogP contribution in [0.2, 0.25) is 0 Å². The smallest absolute Gasteiger partial charge is 0.381 e. The Balaban J connectivity index is 5.66. The molecule has 0 radical (unpaired) electrons. The highest BCUT2D eigenvalue weighted by Gasteiger charge is 2.79. The molecule has 0 aliphatic carbocycles. The number of hydrogen-bond acceptors (Lipinski definition) is 1. The molecule has 0 aromatic heterocycles. The highest BCUT2D eigenvalue weighted by molar-refractivity contribution is 5.04. The van der Waals surface area contributed by atoms with Gasteiger partial charge in [-0.25, -0.2) is 8.78 Å². The van der Waals surface area contributed by atoms with Crippen LogP contribution in [0.5, 0.6) is 0 Å². The van der Waals surface area contributed by atoms with Gasteiger partial charge in [0.1, 0.15) is 0 Å². The van der Waals surface area contributed by atoms with E-state index < -0.39 is 36.5 Å². The first-order chi connectivity index (χ1) is 7.57. The molecule has 110 valence electrons. The van der Waals surface area contributed by atoms with E-state index >= 15 is 0 Å². The van der Waals surface area contributed by atoms with E-state index in [1.54, 1.807) is 0 Å². The summed E-state index contributed by atoms with van der Waals surface area (Å²) in [6.45, 7) is 0. The summed E-state index contributed by atoms with van der Waals surface area (Å²) in [6.07, 6.45) is -30.3. The van der Waals surface area contributed by atoms with Crippen LogP contribution in [0.4, 0.5) is 48.3 Å². The maximum Gasteiger partial charge on any atom is 0.434 e. The minimum atomic E-state index is -7.02. The van der Waals surface area contributed by atoms with Crippen LogP contribution in [0, 0.1) is 0 Å². The Morgan fingerprint density at radius 2 is 0.944 bits per heavy atom. The summed E-state index contributed by atoms with van der Waals surface area (Å²) in [4.78, 5) is 0. The first-order valence-corrected chi connectivity index (χ1v) is 3.78. The molecule has 0 aromatic rings. The maximum absolute atomic E-state index is 12.7. The molecule has 18 heavy (non-hydrogen) atoms. The fraction of sp³-hybridized carbons (Fsp3) is 1.00. The predicted octanol–water partition coefficient (Wildman–Crippen LogP) is 3.08. The zero-order chi connectivity index (χ0) is 15.2. The molecular formula is C6H3F11O. The second kappa shape index (κ2) is 4.38. The van der Waals surface area contributed by atoms with E-state index in [1.807, 2.05) is 0 Å². The van der Waals surface area contributed by atoms with E-state index in [2.05, 4.69) is 0 Å². The van der Waals surface area contributed by atoms with Crippen molar-refractivity contribution in [1.29, 1.82) is 0 Å². The van der Waals surface area contributed by atoms with Crippen molar-refractivity contribution in [1.82, 2.24) is 0 Å². The molecule has 0 fully saturated rings. The number of hydrogen-bond donors (Lipinski definition) is 1. The van der Waals surface area contributed by atoms with Crippen LogP contribution < -0.4 is 0 Å². The topological polar surface area (TPSA) is 20.2 Å². The van der Waals surface area contributed by atoms with Crippen LogP contribution in [0.1, 0.15) is 0 Å². The molecule has 0 bridgehead atoms. The minimum absolute atomic E-state index is 4.77. The number of halogens is 11. The van der Waals surface area contributed by atoms with Crippen LogP contribution in [0.3, 0.4) is 0 Å². The van der Waals surface area contributed by atoms with Gasteiger partial charge in [-0.3, -0.25) is 0 Å². The largest absolute Gasteiger partial charge is 0.434 e. The fourth-order valence-corrected chi connectivity index (χ4v) is 0.857. The Morgan fingerprint density at radius 1 is 0.667 bits per heavy atom. The summed E-state index contributed by atoms with van der Waals surface area (Å²) in [5, 5.41) is 7.98. The molecule has 0 unspecified atom stereocenters. The van der Waals surface area contributed by atoms with E-state index in [-0.39, 0.29) is 0 Å². The molecule has 0 aliphatic rings. The minimum Gasteiger partial charge on any atom is -0.381 e. The quantitative estimate of drug-likeness (QED) is 0.777. The highest BCUT2D eigenvalue weighted by atomic mass is 19.4. The van der Waals surface area contributed by atoms with Crippen LogP contribution in [-0.4, -0.2) is 41.6 Å². The zero-order valence-corrected chi connectivity index (χ0v) is 7.76. The Bertz CT molecular complexity index is 271. The molecule has 0 saturated carbocycles. The average Bonchev–Trinajstić information content (AvgIpc) is 2.08. The van der Waals surface area contributed by atoms with Gasteiger partial charge >= 0.3 is 24.2 Å². The van der Waals surface area contributed by atoms with Gasteiger partial charge in [0, 0.05) is 0 Å². The number of alkyl halides is 11. The number of aliphatic hydroxyl groups excluding tert-OH is 1. The molecule has 12 heteroatoms.